The van der Waals surface area contributed by atoms with Crippen molar-refractivity contribution in [3.05, 3.63) is 18.0 Å². The number of hydrogen-bond donors (Lipinski definition) is 0. The second-order valence-electron chi connectivity index (χ2n) is 6.20. The molecule has 132 valence electrons. The van der Waals surface area contributed by atoms with Gasteiger partial charge in [-0.05, 0) is 26.3 Å². The molecule has 0 spiro atoms. The van der Waals surface area contributed by atoms with Gasteiger partial charge in [0.2, 0.25) is 0 Å². The van der Waals surface area contributed by atoms with Crippen molar-refractivity contribution in [3.8, 4) is 6.01 Å². The minimum absolute atomic E-state index is 0.0645. The average molecular weight is 338 g/mol. The Kier molecular flexibility index (Phi) is 6.82. The summed E-state index contributed by atoms with van der Waals surface area (Å²) in [5.74, 6) is -2.41. The molecule has 0 saturated heterocycles. The van der Waals surface area contributed by atoms with Gasteiger partial charge in [-0.3, -0.25) is 14.4 Å². The van der Waals surface area contributed by atoms with Crippen molar-refractivity contribution in [2.45, 2.75) is 39.5 Å². The molecule has 8 nitrogen and oxygen atoms in total. The number of hydrogen-bond acceptors (Lipinski definition) is 8. The largest absolute Gasteiger partial charge is 0.469 e. The van der Waals surface area contributed by atoms with E-state index in [9.17, 15) is 14.4 Å². The summed E-state index contributed by atoms with van der Waals surface area (Å²) < 4.78 is 14.3. The van der Waals surface area contributed by atoms with E-state index in [1.165, 1.54) is 26.6 Å². The van der Waals surface area contributed by atoms with Crippen LogP contribution in [0.25, 0.3) is 0 Å². The Morgan fingerprint density at radius 1 is 1.04 bits per heavy atom. The third-order valence-corrected chi connectivity index (χ3v) is 3.17. The van der Waals surface area contributed by atoms with Crippen molar-refractivity contribution >= 4 is 17.9 Å². The molecular formula is C16H22N2O6. The number of rotatable bonds is 6. The number of esters is 3. The fraction of sp³-hybridized carbons (Fsp3) is 0.562. The first-order valence-corrected chi connectivity index (χ1v) is 7.35. The summed E-state index contributed by atoms with van der Waals surface area (Å²) in [5.41, 5.74) is -0.252. The molecule has 0 aliphatic rings. The predicted molar refractivity (Wildman–Crippen MR) is 83.1 cm³/mol. The van der Waals surface area contributed by atoms with Crippen LogP contribution in [0.5, 0.6) is 6.01 Å². The minimum Gasteiger partial charge on any atom is -0.469 e. The summed E-state index contributed by atoms with van der Waals surface area (Å²) in [4.78, 5) is 43.3. The Morgan fingerprint density at radius 2 is 1.58 bits per heavy atom. The number of carbonyl (C=O) groups is 3. The molecule has 8 heteroatoms. The van der Waals surface area contributed by atoms with Crippen LogP contribution in [0.4, 0.5) is 0 Å². The molecular weight excluding hydrogens is 316 g/mol. The Hall–Kier alpha value is -2.51. The number of nitrogens with zero attached hydrogens (tertiary/aromatic N) is 2. The fourth-order valence-electron chi connectivity index (χ4n) is 1.73. The Balaban J connectivity index is 2.87. The van der Waals surface area contributed by atoms with Crippen molar-refractivity contribution in [2.24, 2.45) is 5.41 Å². The first kappa shape index (κ1) is 19.5. The van der Waals surface area contributed by atoms with Gasteiger partial charge in [-0.2, -0.15) is 0 Å². The van der Waals surface area contributed by atoms with Crippen LogP contribution in [-0.2, 0) is 23.9 Å². The van der Waals surface area contributed by atoms with E-state index in [4.69, 9.17) is 9.47 Å². The Bertz CT molecular complexity index is 592. The summed E-state index contributed by atoms with van der Waals surface area (Å²) in [6, 6.07) is 0.168. The van der Waals surface area contributed by atoms with E-state index in [0.29, 0.717) is 5.56 Å². The van der Waals surface area contributed by atoms with Gasteiger partial charge in [0.25, 0.3) is 0 Å². The lowest BCUT2D eigenvalue weighted by atomic mass is 9.94. The van der Waals surface area contributed by atoms with Crippen LogP contribution in [-0.4, -0.2) is 42.1 Å². The van der Waals surface area contributed by atoms with Gasteiger partial charge >= 0.3 is 23.9 Å². The zero-order valence-electron chi connectivity index (χ0n) is 14.5. The highest BCUT2D eigenvalue weighted by Crippen LogP contribution is 2.25. The molecule has 0 amide bonds. The van der Waals surface area contributed by atoms with Crippen LogP contribution in [0.1, 0.15) is 45.1 Å². The van der Waals surface area contributed by atoms with E-state index >= 15 is 0 Å². The fourth-order valence-corrected chi connectivity index (χ4v) is 1.73. The van der Waals surface area contributed by atoms with Gasteiger partial charge in [0.1, 0.15) is 0 Å². The third kappa shape index (κ3) is 5.94. The van der Waals surface area contributed by atoms with E-state index in [0.717, 1.165) is 0 Å². The van der Waals surface area contributed by atoms with Crippen LogP contribution >= 0.6 is 0 Å². The molecule has 1 heterocycles. The van der Waals surface area contributed by atoms with Crippen molar-refractivity contribution in [1.82, 2.24) is 9.97 Å². The lowest BCUT2D eigenvalue weighted by molar-refractivity contribution is -0.165. The molecule has 0 unspecified atom stereocenters. The number of carbonyl (C=O) groups excluding carboxylic acids is 3. The monoisotopic (exact) mass is 338 g/mol. The normalized spacial score (nSPS) is 12.2. The molecule has 1 aromatic rings. The first-order chi connectivity index (χ1) is 11.2. The van der Waals surface area contributed by atoms with Gasteiger partial charge in [0.05, 0.1) is 32.5 Å². The lowest BCUT2D eigenvalue weighted by Gasteiger charge is -2.18. The van der Waals surface area contributed by atoms with Gasteiger partial charge in [-0.1, -0.05) is 0 Å². The van der Waals surface area contributed by atoms with E-state index < -0.39 is 29.2 Å². The molecule has 0 N–H and O–H groups in total. The smallest absolute Gasteiger partial charge is 0.318 e. The lowest BCUT2D eigenvalue weighted by Crippen LogP contribution is -2.27. The zero-order valence-corrected chi connectivity index (χ0v) is 14.5. The summed E-state index contributed by atoms with van der Waals surface area (Å²) in [7, 11) is 2.68. The minimum atomic E-state index is -0.795. The summed E-state index contributed by atoms with van der Waals surface area (Å²) in [5, 5.41) is 0. The van der Waals surface area contributed by atoms with Crippen LogP contribution in [0.2, 0.25) is 0 Å². The quantitative estimate of drug-likeness (QED) is 0.569. The molecule has 0 bridgehead atoms. The zero-order chi connectivity index (χ0) is 18.3. The van der Waals surface area contributed by atoms with Crippen LogP contribution < -0.4 is 4.74 Å². The molecule has 0 saturated carbocycles. The van der Waals surface area contributed by atoms with Gasteiger partial charge in [-0.25, -0.2) is 9.97 Å². The highest BCUT2D eigenvalue weighted by atomic mass is 16.6. The molecule has 0 fully saturated rings. The SMILES string of the molecule is COC(=O)C[C@H](CC(=O)OC(=O)C(C)(C)C)c1cnc(OC)nc1. The van der Waals surface area contributed by atoms with Crippen molar-refractivity contribution in [1.29, 1.82) is 0 Å². The highest BCUT2D eigenvalue weighted by molar-refractivity contribution is 5.88. The molecule has 24 heavy (non-hydrogen) atoms. The van der Waals surface area contributed by atoms with Gasteiger partial charge < -0.3 is 14.2 Å². The number of ether oxygens (including phenoxy) is 3. The molecule has 1 rings (SSSR count). The maximum Gasteiger partial charge on any atom is 0.318 e. The van der Waals surface area contributed by atoms with E-state index in [-0.39, 0.29) is 18.9 Å². The second-order valence-corrected chi connectivity index (χ2v) is 6.20. The summed E-state index contributed by atoms with van der Waals surface area (Å²) >= 11 is 0. The third-order valence-electron chi connectivity index (χ3n) is 3.17. The molecule has 1 atom stereocenters. The van der Waals surface area contributed by atoms with Gasteiger partial charge in [-0.15, -0.1) is 0 Å². The molecule has 0 aromatic carbocycles. The van der Waals surface area contributed by atoms with Gasteiger partial charge in [0, 0.05) is 18.3 Å². The first-order valence-electron chi connectivity index (χ1n) is 7.35. The Labute approximate surface area is 140 Å². The molecule has 0 radical (unpaired) electrons. The topological polar surface area (TPSA) is 105 Å². The number of aromatic nitrogens is 2. The standard InChI is InChI=1S/C16H22N2O6/c1-16(2,3)14(21)24-13(20)7-10(6-12(19)22-4)11-8-17-15(23-5)18-9-11/h8-10H,6-7H2,1-5H3/t10-/m1/s1. The molecule has 1 aromatic heterocycles. The summed E-state index contributed by atoms with van der Waals surface area (Å²) in [6.45, 7) is 4.93. The second kappa shape index (κ2) is 8.37. The van der Waals surface area contributed by atoms with Crippen molar-refractivity contribution < 1.29 is 28.6 Å². The van der Waals surface area contributed by atoms with E-state index in [1.54, 1.807) is 20.8 Å². The van der Waals surface area contributed by atoms with E-state index in [2.05, 4.69) is 14.7 Å². The van der Waals surface area contributed by atoms with E-state index in [1.807, 2.05) is 0 Å². The average Bonchev–Trinajstić information content (AvgIpc) is 2.53. The van der Waals surface area contributed by atoms with Crippen molar-refractivity contribution in [2.75, 3.05) is 14.2 Å². The predicted octanol–water partition coefficient (Wildman–Crippen LogP) is 1.64. The molecule has 0 aliphatic heterocycles. The van der Waals surface area contributed by atoms with Crippen molar-refractivity contribution in [3.63, 3.8) is 0 Å². The highest BCUT2D eigenvalue weighted by Gasteiger charge is 2.28. The Morgan fingerprint density at radius 3 is 2.04 bits per heavy atom. The van der Waals surface area contributed by atoms with Crippen LogP contribution in [0.3, 0.4) is 0 Å². The maximum absolute atomic E-state index is 12.0. The molecule has 0 aliphatic carbocycles. The number of methoxy groups -OCH3 is 2. The van der Waals surface area contributed by atoms with Crippen LogP contribution in [0, 0.1) is 5.41 Å². The summed E-state index contributed by atoms with van der Waals surface area (Å²) in [6.07, 6.45) is 2.67. The maximum atomic E-state index is 12.0. The van der Waals surface area contributed by atoms with Crippen LogP contribution in [0.15, 0.2) is 12.4 Å². The van der Waals surface area contributed by atoms with Gasteiger partial charge in [0.15, 0.2) is 0 Å².